The average Bonchev–Trinajstić information content (AvgIpc) is 2.98. The number of fused-ring (bicyclic) bond motifs is 1. The number of benzene rings is 1. The fourth-order valence-corrected chi connectivity index (χ4v) is 3.03. The van der Waals surface area contributed by atoms with Crippen molar-refractivity contribution in [3.63, 3.8) is 0 Å². The van der Waals surface area contributed by atoms with Crippen molar-refractivity contribution < 1.29 is 14.0 Å². The highest BCUT2D eigenvalue weighted by Crippen LogP contribution is 2.19. The highest BCUT2D eigenvalue weighted by molar-refractivity contribution is 7.13. The van der Waals surface area contributed by atoms with Gasteiger partial charge in [-0.25, -0.2) is 9.37 Å². The van der Waals surface area contributed by atoms with Crippen LogP contribution in [0.2, 0.25) is 5.02 Å². The number of nitrogens with two attached hydrogens (primary N) is 1. The minimum absolute atomic E-state index is 0.0883. The molecule has 3 aromatic rings. The zero-order chi connectivity index (χ0) is 18.1. The Hall–Kier alpha value is -2.85. The molecule has 0 aliphatic rings. The predicted octanol–water partition coefficient (Wildman–Crippen LogP) is 1.38. The third-order valence-corrected chi connectivity index (χ3v) is 4.31. The molecule has 0 bridgehead atoms. The summed E-state index contributed by atoms with van der Waals surface area (Å²) in [5.41, 5.74) is 4.93. The lowest BCUT2D eigenvalue weighted by Crippen LogP contribution is -2.27. The van der Waals surface area contributed by atoms with Crippen LogP contribution in [0.15, 0.2) is 29.3 Å². The average molecular weight is 382 g/mol. The van der Waals surface area contributed by atoms with Crippen LogP contribution in [0.25, 0.3) is 10.2 Å². The van der Waals surface area contributed by atoms with Crippen molar-refractivity contribution in [1.29, 1.82) is 0 Å². The zero-order valence-corrected chi connectivity index (χ0v) is 13.9. The second-order valence-electron chi connectivity index (χ2n) is 4.93. The maximum absolute atomic E-state index is 13.1. The minimum Gasteiger partial charge on any atom is -0.364 e. The van der Waals surface area contributed by atoms with Gasteiger partial charge < -0.3 is 11.1 Å². The molecule has 0 fully saturated rings. The molecule has 0 aliphatic heterocycles. The van der Waals surface area contributed by atoms with E-state index >= 15 is 0 Å². The smallest absolute Gasteiger partial charge is 0.273 e. The molecule has 25 heavy (non-hydrogen) atoms. The van der Waals surface area contributed by atoms with Crippen LogP contribution in [0, 0.1) is 5.82 Å². The van der Waals surface area contributed by atoms with Gasteiger partial charge in [-0.15, -0.1) is 0 Å². The number of aromatic nitrogens is 3. The van der Waals surface area contributed by atoms with Crippen LogP contribution >= 0.6 is 23.1 Å². The van der Waals surface area contributed by atoms with Crippen molar-refractivity contribution >= 4 is 50.9 Å². The fraction of sp³-hybridized carbons (Fsp3) is 0.0714. The Kier molecular flexibility index (Phi) is 4.47. The van der Waals surface area contributed by atoms with E-state index in [9.17, 15) is 18.8 Å². The topological polar surface area (TPSA) is 120 Å². The van der Waals surface area contributed by atoms with Crippen LogP contribution in [-0.4, -0.2) is 25.7 Å². The molecule has 0 spiro atoms. The molecule has 0 unspecified atom stereocenters. The molecule has 2 amide bonds. The number of hydrogen-bond acceptors (Lipinski definition) is 6. The first-order valence-corrected chi connectivity index (χ1v) is 7.91. The molecule has 3 rings (SSSR count). The van der Waals surface area contributed by atoms with Crippen LogP contribution in [0.4, 0.5) is 10.1 Å². The Bertz CT molecular complexity index is 1060. The molecule has 11 heteroatoms. The number of anilines is 1. The van der Waals surface area contributed by atoms with Crippen molar-refractivity contribution in [3.8, 4) is 0 Å². The molecule has 0 saturated carbocycles. The summed E-state index contributed by atoms with van der Waals surface area (Å²) in [6.45, 7) is -0.333. The number of rotatable bonds is 4. The Balaban J connectivity index is 1.84. The molecule has 0 saturated heterocycles. The molecule has 3 N–H and O–H groups in total. The summed E-state index contributed by atoms with van der Waals surface area (Å²) in [6.07, 6.45) is 1.13. The molecular formula is C14H9ClFN5O3S. The number of nitrogens with zero attached hydrogens (tertiary/aromatic N) is 3. The van der Waals surface area contributed by atoms with Gasteiger partial charge in [-0.1, -0.05) is 11.6 Å². The standard InChI is InChI=1S/C14H9ClFN5O3S/c15-7-3-6(1-2-8(7)16)19-9(22)4-21-5-18-10-11(13(17)23)20-25-12(10)14(21)24/h1-3,5H,4H2,(H2,17,23)(H,19,22). The van der Waals surface area contributed by atoms with E-state index in [1.165, 1.54) is 12.1 Å². The molecule has 1 aromatic carbocycles. The van der Waals surface area contributed by atoms with E-state index in [-0.39, 0.29) is 33.2 Å². The van der Waals surface area contributed by atoms with Gasteiger partial charge in [0.2, 0.25) is 5.91 Å². The van der Waals surface area contributed by atoms with E-state index < -0.39 is 23.2 Å². The summed E-state index contributed by atoms with van der Waals surface area (Å²) >= 11 is 6.42. The Labute approximate surface area is 148 Å². The van der Waals surface area contributed by atoms with Crippen molar-refractivity contribution in [2.75, 3.05) is 5.32 Å². The van der Waals surface area contributed by atoms with Crippen molar-refractivity contribution in [3.05, 3.63) is 51.4 Å². The van der Waals surface area contributed by atoms with Gasteiger partial charge in [0.15, 0.2) is 5.69 Å². The van der Waals surface area contributed by atoms with Gasteiger partial charge in [-0.05, 0) is 29.7 Å². The summed E-state index contributed by atoms with van der Waals surface area (Å²) in [5.74, 6) is -1.94. The largest absolute Gasteiger partial charge is 0.364 e. The quantitative estimate of drug-likeness (QED) is 0.707. The highest BCUT2D eigenvalue weighted by atomic mass is 35.5. The maximum atomic E-state index is 13.1. The fourth-order valence-electron chi connectivity index (χ4n) is 2.06. The summed E-state index contributed by atoms with van der Waals surface area (Å²) in [6, 6.07) is 3.70. The number of carbonyl (C=O) groups is 2. The first-order chi connectivity index (χ1) is 11.9. The van der Waals surface area contributed by atoms with E-state index in [1.807, 2.05) is 0 Å². The molecule has 2 aromatic heterocycles. The number of hydrogen-bond donors (Lipinski definition) is 2. The second kappa shape index (κ2) is 6.57. The number of nitrogens with one attached hydrogen (secondary N) is 1. The first kappa shape index (κ1) is 17.0. The summed E-state index contributed by atoms with van der Waals surface area (Å²) < 4.78 is 18.1. The van der Waals surface area contributed by atoms with E-state index in [0.717, 1.165) is 28.5 Å². The summed E-state index contributed by atoms with van der Waals surface area (Å²) in [4.78, 5) is 39.6. The molecule has 0 radical (unpaired) electrons. The molecule has 0 aliphatic carbocycles. The van der Waals surface area contributed by atoms with Crippen molar-refractivity contribution in [1.82, 2.24) is 13.9 Å². The SMILES string of the molecule is NC(=O)c1nsc2c(=O)n(CC(=O)Nc3ccc(F)c(Cl)c3)cnc12. The van der Waals surface area contributed by atoms with Gasteiger partial charge >= 0.3 is 0 Å². The lowest BCUT2D eigenvalue weighted by atomic mass is 10.3. The maximum Gasteiger partial charge on any atom is 0.273 e. The molecular weight excluding hydrogens is 373 g/mol. The first-order valence-electron chi connectivity index (χ1n) is 6.76. The van der Waals surface area contributed by atoms with E-state index in [4.69, 9.17) is 17.3 Å². The number of halogens is 2. The van der Waals surface area contributed by atoms with Crippen LogP contribution < -0.4 is 16.6 Å². The number of amides is 2. The van der Waals surface area contributed by atoms with Crippen LogP contribution in [0.3, 0.4) is 0 Å². The van der Waals surface area contributed by atoms with E-state index in [1.54, 1.807) is 0 Å². The van der Waals surface area contributed by atoms with Crippen LogP contribution in [0.5, 0.6) is 0 Å². The summed E-state index contributed by atoms with van der Waals surface area (Å²) in [5, 5.41) is 2.36. The Morgan fingerprint density at radius 2 is 2.16 bits per heavy atom. The monoisotopic (exact) mass is 381 g/mol. The van der Waals surface area contributed by atoms with E-state index in [2.05, 4.69) is 14.7 Å². The van der Waals surface area contributed by atoms with Crippen LogP contribution in [0.1, 0.15) is 10.5 Å². The van der Waals surface area contributed by atoms with Gasteiger partial charge in [-0.3, -0.25) is 19.0 Å². The van der Waals surface area contributed by atoms with E-state index in [0.29, 0.717) is 0 Å². The molecule has 2 heterocycles. The highest BCUT2D eigenvalue weighted by Gasteiger charge is 2.17. The van der Waals surface area contributed by atoms with Crippen LogP contribution in [-0.2, 0) is 11.3 Å². The predicted molar refractivity (Wildman–Crippen MR) is 90.2 cm³/mol. The zero-order valence-electron chi connectivity index (χ0n) is 12.3. The van der Waals surface area contributed by atoms with Gasteiger partial charge in [0.1, 0.15) is 22.6 Å². The Morgan fingerprint density at radius 3 is 2.84 bits per heavy atom. The number of carbonyl (C=O) groups excluding carboxylic acids is 2. The third-order valence-electron chi connectivity index (χ3n) is 3.20. The minimum atomic E-state index is -0.790. The van der Waals surface area contributed by atoms with Crippen molar-refractivity contribution in [2.24, 2.45) is 5.73 Å². The van der Waals surface area contributed by atoms with Gasteiger partial charge in [0, 0.05) is 5.69 Å². The van der Waals surface area contributed by atoms with Gasteiger partial charge in [-0.2, -0.15) is 4.37 Å². The lowest BCUT2D eigenvalue weighted by molar-refractivity contribution is -0.116. The Morgan fingerprint density at radius 1 is 1.40 bits per heavy atom. The third kappa shape index (κ3) is 3.35. The molecule has 128 valence electrons. The van der Waals surface area contributed by atoms with Gasteiger partial charge in [0.05, 0.1) is 11.3 Å². The second-order valence-corrected chi connectivity index (χ2v) is 6.11. The van der Waals surface area contributed by atoms with Gasteiger partial charge in [0.25, 0.3) is 11.5 Å². The molecule has 0 atom stereocenters. The summed E-state index contributed by atoms with van der Waals surface area (Å²) in [7, 11) is 0. The molecule has 8 nitrogen and oxygen atoms in total. The van der Waals surface area contributed by atoms with Crippen molar-refractivity contribution in [2.45, 2.75) is 6.54 Å². The normalized spacial score (nSPS) is 10.8. The lowest BCUT2D eigenvalue weighted by Gasteiger charge is -2.07. The number of primary amides is 1.